The van der Waals surface area contributed by atoms with E-state index in [1.54, 1.807) is 6.92 Å². The van der Waals surface area contributed by atoms with E-state index in [0.29, 0.717) is 0 Å². The van der Waals surface area contributed by atoms with E-state index in [2.05, 4.69) is 0 Å². The average Bonchev–Trinajstić information content (AvgIpc) is 2.48. The third kappa shape index (κ3) is 5.24. The van der Waals surface area contributed by atoms with Gasteiger partial charge in [0, 0.05) is 35.5 Å². The highest BCUT2D eigenvalue weighted by Gasteiger charge is 2.33. The number of Topliss-reactive ketones (excluding diaryl/α,β-unsaturated/α-hetero) is 2. The highest BCUT2D eigenvalue weighted by molar-refractivity contribution is 6.40. The molecule has 0 saturated carbocycles. The molecule has 0 heterocycles. The Balaban J connectivity index is 2.38. The number of alkyl halides is 3. The molecule has 0 aliphatic heterocycles. The van der Waals surface area contributed by atoms with Crippen LogP contribution in [-0.4, -0.2) is 41.3 Å². The quantitative estimate of drug-likeness (QED) is 0.535. The smallest absolute Gasteiger partial charge is 0.401 e. The van der Waals surface area contributed by atoms with Crippen LogP contribution < -0.4 is 0 Å². The van der Waals surface area contributed by atoms with Crippen LogP contribution in [0, 0.1) is 5.92 Å². The molecule has 0 saturated heterocycles. The lowest BCUT2D eigenvalue weighted by molar-refractivity contribution is -0.144. The first-order valence-corrected chi connectivity index (χ1v) is 8.88. The second kappa shape index (κ2) is 8.20. The summed E-state index contributed by atoms with van der Waals surface area (Å²) in [5, 5.41) is 10.0. The zero-order chi connectivity index (χ0) is 20.5. The molecule has 4 nitrogen and oxygen atoms in total. The highest BCUT2D eigenvalue weighted by Crippen LogP contribution is 2.34. The molecule has 27 heavy (non-hydrogen) atoms. The van der Waals surface area contributed by atoms with Gasteiger partial charge in [0.2, 0.25) is 5.78 Å². The van der Waals surface area contributed by atoms with Crippen molar-refractivity contribution in [2.24, 2.45) is 5.92 Å². The van der Waals surface area contributed by atoms with E-state index in [4.69, 9.17) is 23.2 Å². The number of aliphatic hydroxyl groups excluding tert-OH is 1. The van der Waals surface area contributed by atoms with Crippen molar-refractivity contribution < 1.29 is 27.9 Å². The van der Waals surface area contributed by atoms with E-state index in [0.717, 1.165) is 4.90 Å². The fourth-order valence-corrected chi connectivity index (χ4v) is 3.60. The fraction of sp³-hybridized carbons (Fsp3) is 0.444. The van der Waals surface area contributed by atoms with Crippen LogP contribution in [0.4, 0.5) is 13.2 Å². The predicted molar refractivity (Wildman–Crippen MR) is 96.2 cm³/mol. The number of allylic oxidation sites excluding steroid dienone is 2. The van der Waals surface area contributed by atoms with Crippen LogP contribution >= 0.6 is 23.2 Å². The summed E-state index contributed by atoms with van der Waals surface area (Å²) in [6.07, 6.45) is -4.08. The Morgan fingerprint density at radius 1 is 1.30 bits per heavy atom. The monoisotopic (exact) mass is 423 g/mol. The normalized spacial score (nSPS) is 18.4. The van der Waals surface area contributed by atoms with Gasteiger partial charge in [0.25, 0.3) is 0 Å². The Morgan fingerprint density at radius 2 is 1.93 bits per heavy atom. The Kier molecular flexibility index (Phi) is 6.60. The molecule has 1 aliphatic carbocycles. The van der Waals surface area contributed by atoms with Gasteiger partial charge < -0.3 is 5.11 Å². The molecule has 1 aromatic carbocycles. The van der Waals surface area contributed by atoms with Gasteiger partial charge in [-0.1, -0.05) is 30.1 Å². The minimum atomic E-state index is -4.40. The topological polar surface area (TPSA) is 57.6 Å². The van der Waals surface area contributed by atoms with Crippen molar-refractivity contribution in [1.82, 2.24) is 4.90 Å². The zero-order valence-electron chi connectivity index (χ0n) is 14.7. The Bertz CT molecular complexity index is 806. The number of carbonyl (C=O) groups is 2. The first-order valence-electron chi connectivity index (χ1n) is 8.13. The van der Waals surface area contributed by atoms with Crippen LogP contribution in [0.5, 0.6) is 0 Å². The van der Waals surface area contributed by atoms with Crippen molar-refractivity contribution in [2.45, 2.75) is 32.5 Å². The lowest BCUT2D eigenvalue weighted by Crippen LogP contribution is -2.31. The predicted octanol–water partition coefficient (Wildman–Crippen LogP) is 4.98. The maximum Gasteiger partial charge on any atom is 0.401 e. The molecule has 2 rings (SSSR count). The van der Waals surface area contributed by atoms with Gasteiger partial charge in [0.1, 0.15) is 11.3 Å². The first-order chi connectivity index (χ1) is 12.4. The summed E-state index contributed by atoms with van der Waals surface area (Å²) < 4.78 is 37.6. The lowest BCUT2D eigenvalue weighted by atomic mass is 9.85. The van der Waals surface area contributed by atoms with Crippen molar-refractivity contribution >= 4 is 34.8 Å². The van der Waals surface area contributed by atoms with E-state index in [9.17, 15) is 27.9 Å². The van der Waals surface area contributed by atoms with Gasteiger partial charge in [-0.15, -0.1) is 0 Å². The fourth-order valence-electron chi connectivity index (χ4n) is 3.03. The van der Waals surface area contributed by atoms with E-state index < -0.39 is 24.3 Å². The molecule has 0 bridgehead atoms. The summed E-state index contributed by atoms with van der Waals surface area (Å²) >= 11 is 12.3. The molecule has 9 heteroatoms. The molecule has 1 N–H and O–H groups in total. The molecule has 0 amide bonds. The minimum Gasteiger partial charge on any atom is -0.511 e. The first kappa shape index (κ1) is 21.7. The number of hydrogen-bond donors (Lipinski definition) is 1. The van der Waals surface area contributed by atoms with E-state index in [-0.39, 0.29) is 57.8 Å². The molecule has 148 valence electrons. The number of halogens is 5. The van der Waals surface area contributed by atoms with E-state index in [1.807, 2.05) is 0 Å². The zero-order valence-corrected chi connectivity index (χ0v) is 16.2. The van der Waals surface area contributed by atoms with Gasteiger partial charge in [0.05, 0.1) is 11.6 Å². The number of nitrogens with zero attached hydrogens (tertiary/aromatic N) is 1. The maximum atomic E-state index is 12.8. The standard InChI is InChI=1S/C18H18Cl2F3NO3/c1-9-5-13(25)15(14(26)6-9)17(27)10-3-4-12(19)11(16(10)20)7-24(2)8-18(21,22)23/h3-4,9,25H,5-8H2,1-2H3. The molecular weight excluding hydrogens is 406 g/mol. The number of benzene rings is 1. The van der Waals surface area contributed by atoms with Crippen molar-refractivity contribution in [3.8, 4) is 0 Å². The number of aliphatic hydroxyl groups is 1. The van der Waals surface area contributed by atoms with Gasteiger partial charge >= 0.3 is 6.18 Å². The van der Waals surface area contributed by atoms with E-state index in [1.165, 1.54) is 19.2 Å². The van der Waals surface area contributed by atoms with Crippen molar-refractivity contribution in [3.05, 3.63) is 44.6 Å². The molecule has 0 fully saturated rings. The molecular formula is C18H18Cl2F3NO3. The van der Waals surface area contributed by atoms with Crippen LogP contribution in [0.2, 0.25) is 10.0 Å². The molecule has 1 atom stereocenters. The summed E-state index contributed by atoms with van der Waals surface area (Å²) in [6, 6.07) is 2.64. The third-order valence-corrected chi connectivity index (χ3v) is 4.96. The Hall–Kier alpha value is -1.57. The molecule has 0 aromatic heterocycles. The van der Waals surface area contributed by atoms with Gasteiger partial charge in [-0.2, -0.15) is 13.2 Å². The molecule has 1 aliphatic rings. The van der Waals surface area contributed by atoms with Gasteiger partial charge in [-0.05, 0) is 25.1 Å². The summed E-state index contributed by atoms with van der Waals surface area (Å²) in [5.41, 5.74) is -0.263. The minimum absolute atomic E-state index is 0.0821. The number of rotatable bonds is 5. The summed E-state index contributed by atoms with van der Waals surface area (Å²) in [4.78, 5) is 25.9. The summed E-state index contributed by atoms with van der Waals surface area (Å²) in [5.74, 6) is -1.63. The van der Waals surface area contributed by atoms with Gasteiger partial charge in [0.15, 0.2) is 5.78 Å². The second-order valence-corrected chi connectivity index (χ2v) is 7.55. The Labute approximate surface area is 164 Å². The molecule has 1 aromatic rings. The largest absolute Gasteiger partial charge is 0.511 e. The number of ketones is 2. The lowest BCUT2D eigenvalue weighted by Gasteiger charge is -2.22. The van der Waals surface area contributed by atoms with Gasteiger partial charge in [-0.3, -0.25) is 14.5 Å². The Morgan fingerprint density at radius 3 is 2.48 bits per heavy atom. The van der Waals surface area contributed by atoms with Crippen molar-refractivity contribution in [1.29, 1.82) is 0 Å². The maximum absolute atomic E-state index is 12.8. The highest BCUT2D eigenvalue weighted by atomic mass is 35.5. The summed E-state index contributed by atoms with van der Waals surface area (Å²) in [7, 11) is 1.25. The number of hydrogen-bond acceptors (Lipinski definition) is 4. The molecule has 1 unspecified atom stereocenters. The van der Waals surface area contributed by atoms with Gasteiger partial charge in [-0.25, -0.2) is 0 Å². The van der Waals surface area contributed by atoms with Crippen LogP contribution in [0.15, 0.2) is 23.5 Å². The van der Waals surface area contributed by atoms with Crippen molar-refractivity contribution in [3.63, 3.8) is 0 Å². The van der Waals surface area contributed by atoms with E-state index >= 15 is 0 Å². The average molecular weight is 424 g/mol. The van der Waals surface area contributed by atoms with Crippen LogP contribution in [-0.2, 0) is 11.3 Å². The van der Waals surface area contributed by atoms with Crippen LogP contribution in [0.25, 0.3) is 0 Å². The van der Waals surface area contributed by atoms with Crippen molar-refractivity contribution in [2.75, 3.05) is 13.6 Å². The molecule has 0 radical (unpaired) electrons. The molecule has 0 spiro atoms. The second-order valence-electron chi connectivity index (χ2n) is 6.76. The summed E-state index contributed by atoms with van der Waals surface area (Å²) in [6.45, 7) is 0.355. The SMILES string of the molecule is CC1CC(=O)C(C(=O)c2ccc(Cl)c(CN(C)CC(F)(F)F)c2Cl)=C(O)C1. The number of carbonyl (C=O) groups excluding carboxylic acids is 2. The van der Waals surface area contributed by atoms with Crippen LogP contribution in [0.3, 0.4) is 0 Å². The van der Waals surface area contributed by atoms with Crippen LogP contribution in [0.1, 0.15) is 35.7 Å². The third-order valence-electron chi connectivity index (χ3n) is 4.18.